The van der Waals surface area contributed by atoms with E-state index in [1.807, 2.05) is 0 Å². The molecule has 0 saturated carbocycles. The van der Waals surface area contributed by atoms with Gasteiger partial charge in [0.15, 0.2) is 0 Å². The third kappa shape index (κ3) is 11.0. The molecule has 0 fully saturated rings. The highest BCUT2D eigenvalue weighted by Crippen LogP contribution is 2.09. The van der Waals surface area contributed by atoms with Crippen molar-refractivity contribution in [3.8, 4) is 0 Å². The third-order valence-corrected chi connectivity index (χ3v) is 3.10. The van der Waals surface area contributed by atoms with Crippen LogP contribution >= 0.6 is 0 Å². The Labute approximate surface area is 148 Å². The number of nitrogens with one attached hydrogen (secondary N) is 3. The number of alkyl carbamates (subject to hydrolysis) is 1. The fourth-order valence-corrected chi connectivity index (χ4v) is 1.95. The molecule has 0 aliphatic carbocycles. The summed E-state index contributed by atoms with van der Waals surface area (Å²) in [6.45, 7) is 9.01. The number of aldehydes is 1. The number of primary amides is 1. The average Bonchev–Trinajstić information content (AvgIpc) is 2.45. The van der Waals surface area contributed by atoms with Crippen LogP contribution in [0.3, 0.4) is 0 Å². The first-order chi connectivity index (χ1) is 11.5. The normalized spacial score (nSPS) is 13.5. The minimum absolute atomic E-state index is 0.198. The maximum Gasteiger partial charge on any atom is 0.408 e. The predicted octanol–water partition coefficient (Wildman–Crippen LogP) is 0.668. The van der Waals surface area contributed by atoms with Crippen molar-refractivity contribution in [1.82, 2.24) is 16.0 Å². The number of hydrogen-bond acceptors (Lipinski definition) is 5. The molecule has 25 heavy (non-hydrogen) atoms. The Morgan fingerprint density at radius 2 is 1.76 bits per heavy atom. The third-order valence-electron chi connectivity index (χ3n) is 3.10. The number of amides is 4. The number of rotatable bonds is 9. The number of carbonyl (C=O) groups excluding carboxylic acids is 4. The van der Waals surface area contributed by atoms with Crippen LogP contribution in [0.5, 0.6) is 0 Å². The monoisotopic (exact) mass is 358 g/mol. The topological polar surface area (TPSA) is 140 Å². The van der Waals surface area contributed by atoms with Crippen LogP contribution in [-0.4, -0.2) is 48.5 Å². The quantitative estimate of drug-likeness (QED) is 0.354. The Kier molecular flexibility index (Phi) is 9.55. The van der Waals surface area contributed by atoms with Gasteiger partial charge in [0.1, 0.15) is 17.9 Å². The van der Waals surface area contributed by atoms with Gasteiger partial charge in [-0.3, -0.25) is 4.79 Å². The zero-order valence-corrected chi connectivity index (χ0v) is 15.5. The molecule has 0 unspecified atom stereocenters. The molecule has 0 aromatic heterocycles. The molecule has 2 atom stereocenters. The number of urea groups is 1. The molecule has 9 nitrogen and oxygen atoms in total. The van der Waals surface area contributed by atoms with Crippen LogP contribution in [0.2, 0.25) is 0 Å². The summed E-state index contributed by atoms with van der Waals surface area (Å²) >= 11 is 0. The Morgan fingerprint density at radius 1 is 1.16 bits per heavy atom. The van der Waals surface area contributed by atoms with E-state index >= 15 is 0 Å². The number of ether oxygens (including phenoxy) is 1. The van der Waals surface area contributed by atoms with Gasteiger partial charge < -0.3 is 31.2 Å². The van der Waals surface area contributed by atoms with Gasteiger partial charge in [0.05, 0.1) is 6.04 Å². The maximum atomic E-state index is 12.4. The van der Waals surface area contributed by atoms with E-state index in [2.05, 4.69) is 16.0 Å². The SMILES string of the molecule is CC(C)[C@H](NC(=O)OC(C)(C)C)C(=O)N[C@H](C=O)CCCNC(N)=O. The van der Waals surface area contributed by atoms with Gasteiger partial charge in [0.2, 0.25) is 5.91 Å². The lowest BCUT2D eigenvalue weighted by Crippen LogP contribution is -2.53. The molecule has 5 N–H and O–H groups in total. The Hall–Kier alpha value is -2.32. The molecule has 0 rings (SSSR count). The first-order valence-corrected chi connectivity index (χ1v) is 8.24. The van der Waals surface area contributed by atoms with Crippen molar-refractivity contribution in [2.75, 3.05) is 6.54 Å². The van der Waals surface area contributed by atoms with Crippen LogP contribution < -0.4 is 21.7 Å². The highest BCUT2D eigenvalue weighted by molar-refractivity contribution is 5.87. The molecule has 0 heterocycles. The lowest BCUT2D eigenvalue weighted by atomic mass is 10.0. The van der Waals surface area contributed by atoms with Crippen molar-refractivity contribution < 1.29 is 23.9 Å². The molecule has 0 aliphatic heterocycles. The molecular weight excluding hydrogens is 328 g/mol. The van der Waals surface area contributed by atoms with Gasteiger partial charge in [0.25, 0.3) is 0 Å². The van der Waals surface area contributed by atoms with Crippen LogP contribution in [0, 0.1) is 5.92 Å². The van der Waals surface area contributed by atoms with Crippen LogP contribution in [0.25, 0.3) is 0 Å². The standard InChI is InChI=1S/C16H30N4O5/c1-10(2)12(20-15(24)25-16(3,4)5)13(22)19-11(9-21)7-6-8-18-14(17)23/h9-12H,6-8H2,1-5H3,(H,19,22)(H,20,24)(H3,17,18,23)/t11-,12-/m0/s1. The molecule has 144 valence electrons. The Balaban J connectivity index is 4.62. The van der Waals surface area contributed by atoms with Gasteiger partial charge in [-0.15, -0.1) is 0 Å². The van der Waals surface area contributed by atoms with Gasteiger partial charge in [-0.05, 0) is 39.5 Å². The van der Waals surface area contributed by atoms with E-state index < -0.39 is 35.7 Å². The fraction of sp³-hybridized carbons (Fsp3) is 0.750. The van der Waals surface area contributed by atoms with E-state index in [1.165, 1.54) is 0 Å². The maximum absolute atomic E-state index is 12.4. The molecule has 0 spiro atoms. The number of carbonyl (C=O) groups is 4. The predicted molar refractivity (Wildman–Crippen MR) is 92.8 cm³/mol. The second kappa shape index (κ2) is 10.5. The summed E-state index contributed by atoms with van der Waals surface area (Å²) in [5.41, 5.74) is 4.26. The summed E-state index contributed by atoms with van der Waals surface area (Å²) in [4.78, 5) is 45.9. The minimum atomic E-state index is -0.832. The van der Waals surface area contributed by atoms with E-state index in [1.54, 1.807) is 34.6 Å². The first-order valence-electron chi connectivity index (χ1n) is 8.24. The molecule has 0 bridgehead atoms. The van der Waals surface area contributed by atoms with Gasteiger partial charge in [-0.25, -0.2) is 9.59 Å². The molecule has 0 aliphatic rings. The van der Waals surface area contributed by atoms with Gasteiger partial charge in [-0.2, -0.15) is 0 Å². The molecule has 0 saturated heterocycles. The van der Waals surface area contributed by atoms with Crippen molar-refractivity contribution in [1.29, 1.82) is 0 Å². The van der Waals surface area contributed by atoms with Crippen molar-refractivity contribution in [2.24, 2.45) is 11.7 Å². The van der Waals surface area contributed by atoms with Crippen molar-refractivity contribution in [3.05, 3.63) is 0 Å². The molecule has 9 heteroatoms. The smallest absolute Gasteiger partial charge is 0.408 e. The molecular formula is C16H30N4O5. The van der Waals surface area contributed by atoms with E-state index in [4.69, 9.17) is 10.5 Å². The Morgan fingerprint density at radius 3 is 2.20 bits per heavy atom. The summed E-state index contributed by atoms with van der Waals surface area (Å²) in [6, 6.07) is -2.20. The van der Waals surface area contributed by atoms with Crippen molar-refractivity contribution in [2.45, 2.75) is 65.1 Å². The van der Waals surface area contributed by atoms with Crippen molar-refractivity contribution in [3.63, 3.8) is 0 Å². The lowest BCUT2D eigenvalue weighted by molar-refractivity contribution is -0.126. The average molecular weight is 358 g/mol. The minimum Gasteiger partial charge on any atom is -0.444 e. The summed E-state index contributed by atoms with van der Waals surface area (Å²) in [5, 5.41) is 7.51. The van der Waals surface area contributed by atoms with E-state index in [0.29, 0.717) is 25.7 Å². The molecule has 0 aromatic rings. The van der Waals surface area contributed by atoms with E-state index in [0.717, 1.165) is 0 Å². The summed E-state index contributed by atoms with van der Waals surface area (Å²) < 4.78 is 5.15. The lowest BCUT2D eigenvalue weighted by Gasteiger charge is -2.26. The Bertz CT molecular complexity index is 474. The zero-order valence-electron chi connectivity index (χ0n) is 15.5. The molecule has 4 amide bonds. The number of nitrogens with two attached hydrogens (primary N) is 1. The van der Waals surface area contributed by atoms with Gasteiger partial charge >= 0.3 is 12.1 Å². The second-order valence-corrected chi connectivity index (χ2v) is 7.05. The van der Waals surface area contributed by atoms with Crippen LogP contribution in [0.4, 0.5) is 9.59 Å². The summed E-state index contributed by atoms with van der Waals surface area (Å²) in [5.74, 6) is -0.669. The van der Waals surface area contributed by atoms with Crippen LogP contribution in [-0.2, 0) is 14.3 Å². The molecule has 0 radical (unpaired) electrons. The zero-order chi connectivity index (χ0) is 19.6. The first kappa shape index (κ1) is 22.7. The highest BCUT2D eigenvalue weighted by atomic mass is 16.6. The van der Waals surface area contributed by atoms with Gasteiger partial charge in [-0.1, -0.05) is 13.8 Å². The molecule has 0 aromatic carbocycles. The van der Waals surface area contributed by atoms with E-state index in [-0.39, 0.29) is 5.92 Å². The number of hydrogen-bond donors (Lipinski definition) is 4. The summed E-state index contributed by atoms with van der Waals surface area (Å²) in [6.07, 6.45) is 0.729. The van der Waals surface area contributed by atoms with Crippen molar-refractivity contribution >= 4 is 24.3 Å². The summed E-state index contributed by atoms with van der Waals surface area (Å²) in [7, 11) is 0. The van der Waals surface area contributed by atoms with Gasteiger partial charge in [0, 0.05) is 6.54 Å². The largest absolute Gasteiger partial charge is 0.444 e. The second-order valence-electron chi connectivity index (χ2n) is 7.05. The van der Waals surface area contributed by atoms with Crippen LogP contribution in [0.1, 0.15) is 47.5 Å². The van der Waals surface area contributed by atoms with E-state index in [9.17, 15) is 19.2 Å². The fourth-order valence-electron chi connectivity index (χ4n) is 1.95. The van der Waals surface area contributed by atoms with Crippen LogP contribution in [0.15, 0.2) is 0 Å². The highest BCUT2D eigenvalue weighted by Gasteiger charge is 2.28.